The van der Waals surface area contributed by atoms with Crippen LogP contribution in [-0.2, 0) is 6.54 Å². The molecule has 0 aliphatic carbocycles. The Labute approximate surface area is 176 Å². The van der Waals surface area contributed by atoms with E-state index in [9.17, 15) is 0 Å². The van der Waals surface area contributed by atoms with Crippen molar-refractivity contribution < 1.29 is 18.6 Å². The maximum absolute atomic E-state index is 6.12. The summed E-state index contributed by atoms with van der Waals surface area (Å²) in [6.07, 6.45) is 3.25. The first-order valence-corrected chi connectivity index (χ1v) is 9.44. The van der Waals surface area contributed by atoms with Crippen LogP contribution in [0.15, 0.2) is 47.2 Å². The number of furan rings is 1. The zero-order valence-electron chi connectivity index (χ0n) is 16.8. The summed E-state index contributed by atoms with van der Waals surface area (Å²) in [7, 11) is 3.17. The summed E-state index contributed by atoms with van der Waals surface area (Å²) in [5.74, 6) is 3.07. The number of benzene rings is 1. The third kappa shape index (κ3) is 3.25. The van der Waals surface area contributed by atoms with E-state index in [2.05, 4.69) is 20.2 Å². The van der Waals surface area contributed by atoms with Gasteiger partial charge in [0.1, 0.15) is 12.4 Å². The molecule has 5 rings (SSSR count). The second kappa shape index (κ2) is 7.52. The first kappa shape index (κ1) is 18.7. The maximum Gasteiger partial charge on any atom is 0.225 e. The Bertz CT molecular complexity index is 1360. The van der Waals surface area contributed by atoms with E-state index in [1.165, 1.54) is 4.52 Å². The molecule has 5 aromatic rings. The smallest absolute Gasteiger partial charge is 0.225 e. The van der Waals surface area contributed by atoms with Gasteiger partial charge >= 0.3 is 0 Å². The van der Waals surface area contributed by atoms with E-state index in [1.54, 1.807) is 55.6 Å². The molecule has 0 saturated carbocycles. The molecule has 0 aliphatic rings. The highest BCUT2D eigenvalue weighted by molar-refractivity contribution is 5.90. The molecule has 11 nitrogen and oxygen atoms in total. The number of rotatable bonds is 7. The number of aromatic nitrogens is 6. The van der Waals surface area contributed by atoms with Gasteiger partial charge in [0.05, 0.1) is 38.6 Å². The molecule has 0 atom stereocenters. The van der Waals surface area contributed by atoms with Crippen LogP contribution in [0.3, 0.4) is 0 Å². The molecule has 4 heterocycles. The second-order valence-corrected chi connectivity index (χ2v) is 6.59. The topological polar surface area (TPSA) is 128 Å². The zero-order valence-corrected chi connectivity index (χ0v) is 16.8. The normalized spacial score (nSPS) is 11.3. The van der Waals surface area contributed by atoms with Gasteiger partial charge in [0.15, 0.2) is 28.6 Å². The zero-order chi connectivity index (χ0) is 21.4. The van der Waals surface area contributed by atoms with Gasteiger partial charge in [0, 0.05) is 6.07 Å². The highest BCUT2D eigenvalue weighted by Gasteiger charge is 2.17. The van der Waals surface area contributed by atoms with Crippen LogP contribution in [-0.4, -0.2) is 50.2 Å². The number of nitrogens with two attached hydrogens (primary N) is 1. The molecule has 0 aliphatic heterocycles. The van der Waals surface area contributed by atoms with Crippen LogP contribution >= 0.6 is 0 Å². The minimum atomic E-state index is 0.204. The molecule has 2 N–H and O–H groups in total. The third-order valence-electron chi connectivity index (χ3n) is 4.77. The summed E-state index contributed by atoms with van der Waals surface area (Å²) in [6.45, 7) is 0.822. The summed E-state index contributed by atoms with van der Waals surface area (Å²) >= 11 is 0. The van der Waals surface area contributed by atoms with Gasteiger partial charge in [-0.2, -0.15) is 14.6 Å². The molecule has 11 heteroatoms. The summed E-state index contributed by atoms with van der Waals surface area (Å²) in [6, 6.07) is 8.93. The molecule has 0 bridgehead atoms. The molecule has 31 heavy (non-hydrogen) atoms. The Morgan fingerprint density at radius 2 is 1.94 bits per heavy atom. The molecule has 0 spiro atoms. The predicted molar refractivity (Wildman–Crippen MR) is 111 cm³/mol. The van der Waals surface area contributed by atoms with Crippen molar-refractivity contribution in [3.8, 4) is 28.8 Å². The number of nitrogen functional groups attached to an aromatic ring is 1. The van der Waals surface area contributed by atoms with E-state index in [0.29, 0.717) is 53.3 Å². The first-order chi connectivity index (χ1) is 15.2. The number of nitrogens with zero attached hydrogens (tertiary/aromatic N) is 6. The quantitative estimate of drug-likeness (QED) is 0.421. The highest BCUT2D eigenvalue weighted by atomic mass is 16.5. The molecule has 4 aromatic heterocycles. The van der Waals surface area contributed by atoms with Crippen molar-refractivity contribution in [3.63, 3.8) is 0 Å². The number of ether oxygens (including phenoxy) is 3. The van der Waals surface area contributed by atoms with Crippen molar-refractivity contribution in [2.24, 2.45) is 0 Å². The Hall–Kier alpha value is -4.28. The van der Waals surface area contributed by atoms with Gasteiger partial charge in [0.25, 0.3) is 0 Å². The van der Waals surface area contributed by atoms with Gasteiger partial charge in [-0.25, -0.2) is 9.67 Å². The molecule has 0 amide bonds. The second-order valence-electron chi connectivity index (χ2n) is 6.59. The number of hydrogen-bond donors (Lipinski definition) is 1. The van der Waals surface area contributed by atoms with Gasteiger partial charge in [-0.3, -0.25) is 0 Å². The van der Waals surface area contributed by atoms with Gasteiger partial charge in [0.2, 0.25) is 11.8 Å². The lowest BCUT2D eigenvalue weighted by Gasteiger charge is -2.11. The Morgan fingerprint density at radius 3 is 2.71 bits per heavy atom. The molecular weight excluding hydrogens is 402 g/mol. The summed E-state index contributed by atoms with van der Waals surface area (Å²) in [4.78, 5) is 9.00. The highest BCUT2D eigenvalue weighted by Crippen LogP contribution is 2.31. The fourth-order valence-corrected chi connectivity index (χ4v) is 3.29. The predicted octanol–water partition coefficient (Wildman–Crippen LogP) is 2.41. The van der Waals surface area contributed by atoms with E-state index in [-0.39, 0.29) is 5.95 Å². The molecule has 0 radical (unpaired) electrons. The minimum Gasteiger partial charge on any atom is -0.493 e. The lowest BCUT2D eigenvalue weighted by molar-refractivity contribution is 0.289. The maximum atomic E-state index is 6.12. The third-order valence-corrected chi connectivity index (χ3v) is 4.77. The van der Waals surface area contributed by atoms with Gasteiger partial charge < -0.3 is 24.4 Å². The van der Waals surface area contributed by atoms with Gasteiger partial charge in [-0.1, -0.05) is 0 Å². The summed E-state index contributed by atoms with van der Waals surface area (Å²) in [5, 5.41) is 9.53. The van der Waals surface area contributed by atoms with Crippen LogP contribution in [0.5, 0.6) is 17.2 Å². The lowest BCUT2D eigenvalue weighted by atomic mass is 10.3. The van der Waals surface area contributed by atoms with Crippen molar-refractivity contribution >= 4 is 22.6 Å². The Morgan fingerprint density at radius 1 is 1.06 bits per heavy atom. The fourth-order valence-electron chi connectivity index (χ4n) is 3.29. The Kier molecular flexibility index (Phi) is 4.54. The summed E-state index contributed by atoms with van der Waals surface area (Å²) < 4.78 is 25.0. The molecule has 1 aromatic carbocycles. The first-order valence-electron chi connectivity index (χ1n) is 9.44. The van der Waals surface area contributed by atoms with Crippen molar-refractivity contribution in [1.82, 2.24) is 29.4 Å². The number of methoxy groups -OCH3 is 2. The number of hydrogen-bond acceptors (Lipinski definition) is 9. The minimum absolute atomic E-state index is 0.204. The largest absolute Gasteiger partial charge is 0.493 e. The van der Waals surface area contributed by atoms with Crippen LogP contribution in [0.2, 0.25) is 0 Å². The van der Waals surface area contributed by atoms with Crippen LogP contribution in [0.25, 0.3) is 28.3 Å². The summed E-state index contributed by atoms with van der Waals surface area (Å²) in [5.41, 5.74) is 7.27. The Balaban J connectivity index is 1.40. The van der Waals surface area contributed by atoms with Crippen LogP contribution < -0.4 is 19.9 Å². The molecular formula is C20H19N7O4. The molecule has 158 valence electrons. The van der Waals surface area contributed by atoms with Crippen molar-refractivity contribution in [2.45, 2.75) is 6.54 Å². The fraction of sp³-hybridized carbons (Fsp3) is 0.200. The van der Waals surface area contributed by atoms with E-state index < -0.39 is 0 Å². The van der Waals surface area contributed by atoms with E-state index >= 15 is 0 Å². The molecule has 0 fully saturated rings. The van der Waals surface area contributed by atoms with Crippen molar-refractivity contribution in [3.05, 3.63) is 42.8 Å². The van der Waals surface area contributed by atoms with E-state index in [1.807, 2.05) is 6.07 Å². The van der Waals surface area contributed by atoms with E-state index in [4.69, 9.17) is 24.4 Å². The van der Waals surface area contributed by atoms with Crippen LogP contribution in [0.1, 0.15) is 0 Å². The molecule has 0 saturated heterocycles. The number of fused-ring (bicyclic) bond motifs is 3. The average Bonchev–Trinajstić information content (AvgIpc) is 3.53. The lowest BCUT2D eigenvalue weighted by Crippen LogP contribution is -2.11. The van der Waals surface area contributed by atoms with Crippen molar-refractivity contribution in [1.29, 1.82) is 0 Å². The SMILES string of the molecule is COc1ccc(OCCn2ncc3c2nc(N)n2nc(-c4ccco4)nc32)cc1OC. The number of anilines is 1. The molecule has 0 unspecified atom stereocenters. The van der Waals surface area contributed by atoms with Crippen molar-refractivity contribution in [2.75, 3.05) is 26.6 Å². The van der Waals surface area contributed by atoms with Crippen LogP contribution in [0.4, 0.5) is 5.95 Å². The van der Waals surface area contributed by atoms with Gasteiger partial charge in [-0.15, -0.1) is 5.10 Å². The van der Waals surface area contributed by atoms with Gasteiger partial charge in [-0.05, 0) is 24.3 Å². The van der Waals surface area contributed by atoms with Crippen LogP contribution in [0, 0.1) is 0 Å². The standard InChI is InChI=1S/C20H19N7O4/c1-28-14-6-5-12(10-16(14)29-2)30-9-7-26-18-13(11-22-26)19-23-17(15-4-3-8-31-15)25-27(19)20(21)24-18/h3-6,8,10-11H,7,9H2,1-2H3,(H2,21,24). The average molecular weight is 421 g/mol. The van der Waals surface area contributed by atoms with E-state index in [0.717, 1.165) is 5.39 Å². The monoisotopic (exact) mass is 421 g/mol.